The molecule has 0 bridgehead atoms. The molecule has 0 atom stereocenters. The Morgan fingerprint density at radius 3 is 2.44 bits per heavy atom. The van der Waals surface area contributed by atoms with Crippen molar-refractivity contribution < 1.29 is 8.63 Å². The van der Waals surface area contributed by atoms with Crippen molar-refractivity contribution in [3.8, 4) is 11.3 Å². The molecule has 1 aromatic heterocycles. The van der Waals surface area contributed by atoms with Crippen LogP contribution in [-0.4, -0.2) is 33.8 Å². The van der Waals surface area contributed by atoms with Gasteiger partial charge in [0.25, 0.3) is 0 Å². The second-order valence-corrected chi connectivity index (χ2v) is 7.87. The van der Waals surface area contributed by atoms with E-state index in [2.05, 4.69) is 46.3 Å². The summed E-state index contributed by atoms with van der Waals surface area (Å²) < 4.78 is 17.1. The van der Waals surface area contributed by atoms with Gasteiger partial charge < -0.3 is 9.32 Å². The van der Waals surface area contributed by atoms with Gasteiger partial charge >= 0.3 is 0 Å². The molecule has 0 spiro atoms. The first kappa shape index (κ1) is 16.1. The Bertz CT molecular complexity index is 849. The van der Waals surface area contributed by atoms with E-state index in [9.17, 15) is 4.21 Å². The average molecular weight is 352 g/mol. The van der Waals surface area contributed by atoms with Crippen LogP contribution in [0.5, 0.6) is 0 Å². The van der Waals surface area contributed by atoms with Crippen molar-refractivity contribution in [2.45, 2.75) is 6.42 Å². The van der Waals surface area contributed by atoms with Gasteiger partial charge in [0.05, 0.1) is 0 Å². The lowest BCUT2D eigenvalue weighted by Gasteiger charge is -2.28. The summed E-state index contributed by atoms with van der Waals surface area (Å²) in [4.78, 5) is 6.89. The first-order valence-corrected chi connectivity index (χ1v) is 9.95. The van der Waals surface area contributed by atoms with Crippen LogP contribution in [0.25, 0.3) is 11.3 Å². The number of anilines is 1. The molecule has 0 N–H and O–H groups in total. The van der Waals surface area contributed by atoms with Gasteiger partial charge in [-0.1, -0.05) is 42.5 Å². The molecule has 2 heterocycles. The van der Waals surface area contributed by atoms with E-state index in [1.165, 1.54) is 11.3 Å². The molecule has 2 aromatic carbocycles. The maximum atomic E-state index is 11.5. The quantitative estimate of drug-likeness (QED) is 0.721. The Balaban J connectivity index is 1.46. The Labute approximate surface area is 150 Å². The Morgan fingerprint density at radius 2 is 1.72 bits per heavy atom. The van der Waals surface area contributed by atoms with Crippen LogP contribution in [0, 0.1) is 0 Å². The van der Waals surface area contributed by atoms with Gasteiger partial charge in [-0.15, -0.1) is 0 Å². The molecule has 0 radical (unpaired) electrons. The zero-order valence-electron chi connectivity index (χ0n) is 13.9. The molecule has 3 aromatic rings. The van der Waals surface area contributed by atoms with E-state index in [0.29, 0.717) is 6.42 Å². The van der Waals surface area contributed by atoms with Crippen molar-refractivity contribution in [2.24, 2.45) is 0 Å². The molecule has 1 fully saturated rings. The Kier molecular flexibility index (Phi) is 4.65. The first-order valence-electron chi connectivity index (χ1n) is 8.46. The van der Waals surface area contributed by atoms with Crippen LogP contribution in [0.1, 0.15) is 11.5 Å². The van der Waals surface area contributed by atoms with Crippen LogP contribution in [0.2, 0.25) is 0 Å². The van der Waals surface area contributed by atoms with Crippen molar-refractivity contribution >= 4 is 16.5 Å². The van der Waals surface area contributed by atoms with Gasteiger partial charge in [-0.3, -0.25) is 4.21 Å². The van der Waals surface area contributed by atoms with E-state index in [0.717, 1.165) is 41.7 Å². The van der Waals surface area contributed by atoms with Crippen LogP contribution >= 0.6 is 0 Å². The minimum absolute atomic E-state index is 0.647. The van der Waals surface area contributed by atoms with Crippen molar-refractivity contribution in [1.82, 2.24) is 4.98 Å². The molecule has 4 rings (SSSR count). The molecule has 128 valence electrons. The smallest absolute Gasteiger partial charge is 0.198 e. The highest BCUT2D eigenvalue weighted by molar-refractivity contribution is 7.85. The summed E-state index contributed by atoms with van der Waals surface area (Å²) >= 11 is 0. The van der Waals surface area contributed by atoms with Crippen molar-refractivity contribution in [3.05, 3.63) is 72.3 Å². The SMILES string of the molecule is O=S1CCN(c2ccc(-c3coc(Cc4ccccc4)n3)cc2)CC1. The van der Waals surface area contributed by atoms with Gasteiger partial charge in [-0.25, -0.2) is 4.98 Å². The minimum atomic E-state index is -0.647. The van der Waals surface area contributed by atoms with Gasteiger partial charge in [0.15, 0.2) is 5.89 Å². The molecule has 1 aliphatic rings. The highest BCUT2D eigenvalue weighted by Crippen LogP contribution is 2.24. The highest BCUT2D eigenvalue weighted by Gasteiger charge is 2.15. The number of rotatable bonds is 4. The number of hydrogen-bond acceptors (Lipinski definition) is 4. The first-order chi connectivity index (χ1) is 12.3. The van der Waals surface area contributed by atoms with E-state index in [4.69, 9.17) is 4.42 Å². The summed E-state index contributed by atoms with van der Waals surface area (Å²) in [5, 5.41) is 0. The van der Waals surface area contributed by atoms with E-state index < -0.39 is 10.8 Å². The molecule has 1 saturated heterocycles. The predicted molar refractivity (Wildman–Crippen MR) is 101 cm³/mol. The molecular weight excluding hydrogens is 332 g/mol. The van der Waals surface area contributed by atoms with Crippen LogP contribution in [0.3, 0.4) is 0 Å². The lowest BCUT2D eigenvalue weighted by atomic mass is 10.1. The molecule has 4 nitrogen and oxygen atoms in total. The van der Waals surface area contributed by atoms with Crippen LogP contribution in [0.15, 0.2) is 65.3 Å². The van der Waals surface area contributed by atoms with E-state index in [-0.39, 0.29) is 0 Å². The minimum Gasteiger partial charge on any atom is -0.448 e. The van der Waals surface area contributed by atoms with Crippen LogP contribution in [-0.2, 0) is 17.2 Å². The van der Waals surface area contributed by atoms with E-state index in [1.807, 2.05) is 18.2 Å². The molecule has 5 heteroatoms. The van der Waals surface area contributed by atoms with Crippen LogP contribution in [0.4, 0.5) is 5.69 Å². The molecule has 0 saturated carbocycles. The summed E-state index contributed by atoms with van der Waals surface area (Å²) in [6, 6.07) is 18.6. The topological polar surface area (TPSA) is 46.3 Å². The zero-order chi connectivity index (χ0) is 17.1. The third kappa shape index (κ3) is 3.82. The van der Waals surface area contributed by atoms with Crippen LogP contribution < -0.4 is 4.90 Å². The van der Waals surface area contributed by atoms with Gasteiger partial charge in [0.1, 0.15) is 12.0 Å². The van der Waals surface area contributed by atoms with E-state index >= 15 is 0 Å². The molecule has 0 aliphatic carbocycles. The van der Waals surface area contributed by atoms with Gasteiger partial charge in [0.2, 0.25) is 0 Å². The molecule has 1 aliphatic heterocycles. The Morgan fingerprint density at radius 1 is 1.00 bits per heavy atom. The third-order valence-electron chi connectivity index (χ3n) is 4.46. The maximum Gasteiger partial charge on any atom is 0.198 e. The standard InChI is InChI=1S/C20H20N2O2S/c23-25-12-10-22(11-13-25)18-8-6-17(7-9-18)19-15-24-20(21-19)14-16-4-2-1-3-5-16/h1-9,15H,10-14H2. The number of oxazole rings is 1. The second kappa shape index (κ2) is 7.23. The van der Waals surface area contributed by atoms with E-state index in [1.54, 1.807) is 6.26 Å². The van der Waals surface area contributed by atoms with Crippen molar-refractivity contribution in [3.63, 3.8) is 0 Å². The molecular formula is C20H20N2O2S. The summed E-state index contributed by atoms with van der Waals surface area (Å²) in [7, 11) is -0.647. The maximum absolute atomic E-state index is 11.5. The second-order valence-electron chi connectivity index (χ2n) is 6.17. The van der Waals surface area contributed by atoms with Gasteiger partial charge in [-0.05, 0) is 17.7 Å². The normalized spacial score (nSPS) is 15.4. The third-order valence-corrected chi connectivity index (χ3v) is 5.73. The fourth-order valence-corrected chi connectivity index (χ4v) is 4.09. The molecule has 0 amide bonds. The van der Waals surface area contributed by atoms with Gasteiger partial charge in [-0.2, -0.15) is 0 Å². The lowest BCUT2D eigenvalue weighted by molar-refractivity contribution is 0.507. The number of nitrogens with zero attached hydrogens (tertiary/aromatic N) is 2. The van der Waals surface area contributed by atoms with Crippen molar-refractivity contribution in [2.75, 3.05) is 29.5 Å². The summed E-state index contributed by atoms with van der Waals surface area (Å²) in [5.41, 5.74) is 4.27. The largest absolute Gasteiger partial charge is 0.448 e. The van der Waals surface area contributed by atoms with Crippen molar-refractivity contribution in [1.29, 1.82) is 0 Å². The number of benzene rings is 2. The summed E-state index contributed by atoms with van der Waals surface area (Å²) in [6.45, 7) is 1.72. The fourth-order valence-electron chi connectivity index (χ4n) is 3.03. The van der Waals surface area contributed by atoms with Gasteiger partial charge in [0, 0.05) is 53.1 Å². The fraction of sp³-hybridized carbons (Fsp3) is 0.250. The lowest BCUT2D eigenvalue weighted by Crippen LogP contribution is -2.37. The molecule has 0 unspecified atom stereocenters. The summed E-state index contributed by atoms with van der Waals surface area (Å²) in [5.74, 6) is 2.24. The monoisotopic (exact) mass is 352 g/mol. The number of aromatic nitrogens is 1. The Hall–Kier alpha value is -2.40. The zero-order valence-corrected chi connectivity index (χ0v) is 14.7. The highest BCUT2D eigenvalue weighted by atomic mass is 32.2. The number of hydrogen-bond donors (Lipinski definition) is 0. The molecule has 25 heavy (non-hydrogen) atoms. The summed E-state index contributed by atoms with van der Waals surface area (Å²) in [6.07, 6.45) is 2.42. The average Bonchev–Trinajstić information content (AvgIpc) is 3.12. The predicted octanol–water partition coefficient (Wildman–Crippen LogP) is 3.50.